The van der Waals surface area contributed by atoms with E-state index in [0.29, 0.717) is 11.1 Å². The Morgan fingerprint density at radius 3 is 2.24 bits per heavy atom. The third kappa shape index (κ3) is 3.29. The lowest BCUT2D eigenvalue weighted by Crippen LogP contribution is -2.29. The highest BCUT2D eigenvalue weighted by Gasteiger charge is 2.34. The Morgan fingerprint density at radius 2 is 1.67 bits per heavy atom. The first kappa shape index (κ1) is 14.4. The van der Waals surface area contributed by atoms with Gasteiger partial charge in [-0.25, -0.2) is 0 Å². The average molecular weight is 281 g/mol. The third-order valence-electron chi connectivity index (χ3n) is 2.70. The number of amides is 2. The highest BCUT2D eigenvalue weighted by atomic mass is 16.5. The van der Waals surface area contributed by atoms with E-state index in [1.165, 1.54) is 6.92 Å². The van der Waals surface area contributed by atoms with Gasteiger partial charge < -0.3 is 4.74 Å². The van der Waals surface area contributed by atoms with E-state index in [2.05, 4.69) is 28.4 Å². The van der Waals surface area contributed by atoms with Crippen LogP contribution in [0.25, 0.3) is 0 Å². The van der Waals surface area contributed by atoms with E-state index in [9.17, 15) is 14.4 Å². The molecule has 5 nitrogen and oxygen atoms in total. The number of carbonyl (C=O) groups is 3. The van der Waals surface area contributed by atoms with Gasteiger partial charge in [0.15, 0.2) is 6.61 Å². The molecule has 0 saturated carbocycles. The number of ether oxygens (including phenoxy) is 1. The third-order valence-corrected chi connectivity index (χ3v) is 2.70. The molecule has 0 aromatic heterocycles. The Morgan fingerprint density at radius 1 is 1.10 bits per heavy atom. The minimum Gasteiger partial charge on any atom is -0.453 e. The van der Waals surface area contributed by atoms with Gasteiger partial charge in [0.2, 0.25) is 0 Å². The van der Waals surface area contributed by atoms with E-state index in [-0.39, 0.29) is 25.0 Å². The highest BCUT2D eigenvalue weighted by molar-refractivity contribution is 6.21. The second-order valence-electron chi connectivity index (χ2n) is 4.13. The van der Waals surface area contributed by atoms with Crippen molar-refractivity contribution in [2.75, 3.05) is 13.2 Å². The van der Waals surface area contributed by atoms with Crippen molar-refractivity contribution in [3.8, 4) is 23.7 Å². The van der Waals surface area contributed by atoms with Gasteiger partial charge in [0.25, 0.3) is 11.8 Å². The quantitative estimate of drug-likeness (QED) is 0.458. The molecule has 0 unspecified atom stereocenters. The Labute approximate surface area is 121 Å². The van der Waals surface area contributed by atoms with Crippen molar-refractivity contribution in [2.24, 2.45) is 0 Å². The van der Waals surface area contributed by atoms with Gasteiger partial charge in [0.1, 0.15) is 0 Å². The van der Waals surface area contributed by atoms with Crippen LogP contribution in [0.15, 0.2) is 24.3 Å². The largest absolute Gasteiger partial charge is 0.453 e. The van der Waals surface area contributed by atoms with Gasteiger partial charge in [-0.2, -0.15) is 0 Å². The molecule has 2 rings (SSSR count). The Kier molecular flexibility index (Phi) is 4.38. The molecule has 0 spiro atoms. The molecule has 104 valence electrons. The van der Waals surface area contributed by atoms with Crippen molar-refractivity contribution < 1.29 is 19.1 Å². The molecule has 2 amide bonds. The first-order chi connectivity index (χ1) is 10.1. The van der Waals surface area contributed by atoms with Crippen LogP contribution >= 0.6 is 0 Å². The molecule has 21 heavy (non-hydrogen) atoms. The zero-order valence-corrected chi connectivity index (χ0v) is 11.3. The van der Waals surface area contributed by atoms with Crippen molar-refractivity contribution in [1.29, 1.82) is 0 Å². The van der Waals surface area contributed by atoms with Crippen molar-refractivity contribution in [3.05, 3.63) is 35.4 Å². The fourth-order valence-corrected chi connectivity index (χ4v) is 1.76. The summed E-state index contributed by atoms with van der Waals surface area (Å²) in [5.74, 6) is 9.03. The lowest BCUT2D eigenvalue weighted by Gasteiger charge is -2.08. The number of rotatable bonds is 2. The second kappa shape index (κ2) is 6.40. The normalized spacial score (nSPS) is 12.0. The van der Waals surface area contributed by atoms with Gasteiger partial charge in [-0.15, -0.1) is 0 Å². The molecule has 0 atom stereocenters. The molecule has 1 heterocycles. The monoisotopic (exact) mass is 281 g/mol. The van der Waals surface area contributed by atoms with Crippen LogP contribution in [0.3, 0.4) is 0 Å². The number of benzene rings is 1. The van der Waals surface area contributed by atoms with Crippen LogP contribution in [0.1, 0.15) is 27.6 Å². The van der Waals surface area contributed by atoms with E-state index >= 15 is 0 Å². The number of hydrogen-bond acceptors (Lipinski definition) is 4. The maximum absolute atomic E-state index is 12.0. The first-order valence-corrected chi connectivity index (χ1v) is 6.15. The Bertz CT molecular complexity index is 693. The lowest BCUT2D eigenvalue weighted by atomic mass is 10.1. The molecule has 1 aliphatic heterocycles. The number of esters is 1. The summed E-state index contributed by atoms with van der Waals surface area (Å²) in [7, 11) is 0. The summed E-state index contributed by atoms with van der Waals surface area (Å²) in [4.78, 5) is 35.5. The molecule has 1 aromatic carbocycles. The molecule has 1 aliphatic rings. The molecule has 5 heteroatoms. The Hall–Kier alpha value is -3.05. The van der Waals surface area contributed by atoms with E-state index < -0.39 is 5.97 Å². The summed E-state index contributed by atoms with van der Waals surface area (Å²) in [5.41, 5.74) is 0.787. The minimum atomic E-state index is -0.414. The van der Waals surface area contributed by atoms with Crippen LogP contribution in [-0.2, 0) is 9.53 Å². The summed E-state index contributed by atoms with van der Waals surface area (Å²) in [6, 6.07) is 6.64. The van der Waals surface area contributed by atoms with Crippen LogP contribution in [0, 0.1) is 23.7 Å². The van der Waals surface area contributed by atoms with E-state index in [0.717, 1.165) is 4.90 Å². The minimum absolute atomic E-state index is 0.0193. The summed E-state index contributed by atoms with van der Waals surface area (Å²) in [6.07, 6.45) is 0. The summed E-state index contributed by atoms with van der Waals surface area (Å²) < 4.78 is 4.60. The molecule has 0 radical (unpaired) electrons. The Balaban J connectivity index is 1.96. The van der Waals surface area contributed by atoms with Crippen LogP contribution in [-0.4, -0.2) is 35.8 Å². The molecule has 0 aliphatic carbocycles. The van der Waals surface area contributed by atoms with Gasteiger partial charge in [-0.05, 0) is 29.9 Å². The molecule has 0 saturated heterocycles. The zero-order chi connectivity index (χ0) is 15.2. The topological polar surface area (TPSA) is 63.7 Å². The average Bonchev–Trinajstić information content (AvgIpc) is 2.71. The molecule has 1 aromatic rings. The van der Waals surface area contributed by atoms with Gasteiger partial charge >= 0.3 is 5.97 Å². The van der Waals surface area contributed by atoms with Crippen molar-refractivity contribution in [1.82, 2.24) is 4.90 Å². The van der Waals surface area contributed by atoms with E-state index in [1.807, 2.05) is 0 Å². The SMILES string of the molecule is CC(=O)OCC#CC#CCN1C(=O)c2ccccc2C1=O. The van der Waals surface area contributed by atoms with Crippen molar-refractivity contribution in [2.45, 2.75) is 6.92 Å². The van der Waals surface area contributed by atoms with Gasteiger partial charge in [0, 0.05) is 6.92 Å². The zero-order valence-electron chi connectivity index (χ0n) is 11.3. The predicted octanol–water partition coefficient (Wildman–Crippen LogP) is 0.853. The number of nitrogens with zero attached hydrogens (tertiary/aromatic N) is 1. The number of imide groups is 1. The number of fused-ring (bicyclic) bond motifs is 1. The van der Waals surface area contributed by atoms with Crippen molar-refractivity contribution in [3.63, 3.8) is 0 Å². The molecule has 0 bridgehead atoms. The number of hydrogen-bond donors (Lipinski definition) is 0. The summed E-state index contributed by atoms with van der Waals surface area (Å²) >= 11 is 0. The predicted molar refractivity (Wildman–Crippen MR) is 74.0 cm³/mol. The molecular weight excluding hydrogens is 270 g/mol. The molecule has 0 N–H and O–H groups in total. The molecular formula is C16H11NO4. The maximum Gasteiger partial charge on any atom is 0.303 e. The fourth-order valence-electron chi connectivity index (χ4n) is 1.76. The van der Waals surface area contributed by atoms with Crippen LogP contribution < -0.4 is 0 Å². The first-order valence-electron chi connectivity index (χ1n) is 6.15. The molecule has 0 fully saturated rings. The number of carbonyl (C=O) groups excluding carboxylic acids is 3. The fraction of sp³-hybridized carbons (Fsp3) is 0.188. The van der Waals surface area contributed by atoms with Crippen LogP contribution in [0.2, 0.25) is 0 Å². The van der Waals surface area contributed by atoms with E-state index in [4.69, 9.17) is 0 Å². The van der Waals surface area contributed by atoms with Gasteiger partial charge in [-0.1, -0.05) is 18.1 Å². The highest BCUT2D eigenvalue weighted by Crippen LogP contribution is 2.21. The maximum atomic E-state index is 12.0. The van der Waals surface area contributed by atoms with Crippen LogP contribution in [0.5, 0.6) is 0 Å². The second-order valence-corrected chi connectivity index (χ2v) is 4.13. The van der Waals surface area contributed by atoms with Gasteiger partial charge in [0.05, 0.1) is 17.7 Å². The smallest absolute Gasteiger partial charge is 0.303 e. The van der Waals surface area contributed by atoms with Crippen LogP contribution in [0.4, 0.5) is 0 Å². The summed E-state index contributed by atoms with van der Waals surface area (Å²) in [6.45, 7) is 1.24. The van der Waals surface area contributed by atoms with E-state index in [1.54, 1.807) is 24.3 Å². The standard InChI is InChI=1S/C16H11NO4/c1-12(18)21-11-7-3-2-6-10-17-15(19)13-8-4-5-9-14(13)16(17)20/h4-5,8-9H,10-11H2,1H3. The summed E-state index contributed by atoms with van der Waals surface area (Å²) in [5, 5.41) is 0. The lowest BCUT2D eigenvalue weighted by molar-refractivity contribution is -0.139. The van der Waals surface area contributed by atoms with Gasteiger partial charge in [-0.3, -0.25) is 19.3 Å². The van der Waals surface area contributed by atoms with Crippen molar-refractivity contribution >= 4 is 17.8 Å².